The molecule has 2 heterocycles. The van der Waals surface area contributed by atoms with Crippen LogP contribution in [0.5, 0.6) is 0 Å². The first-order chi connectivity index (χ1) is 7.41. The van der Waals surface area contributed by atoms with E-state index < -0.39 is 17.6 Å². The number of nitrogens with one attached hydrogen (secondary N) is 1. The number of halogens is 3. The Morgan fingerprint density at radius 3 is 2.69 bits per heavy atom. The van der Waals surface area contributed by atoms with E-state index in [0.717, 1.165) is 6.20 Å². The number of H-pyrrole nitrogens is 1. The predicted octanol–water partition coefficient (Wildman–Crippen LogP) is 1.68. The zero-order chi connectivity index (χ0) is 11.9. The lowest BCUT2D eigenvalue weighted by molar-refractivity contribution is -0.136. The van der Waals surface area contributed by atoms with Crippen LogP contribution in [0.15, 0.2) is 18.5 Å². The van der Waals surface area contributed by atoms with Gasteiger partial charge in [0, 0.05) is 23.3 Å². The summed E-state index contributed by atoms with van der Waals surface area (Å²) in [5.41, 5.74) is 3.82. The smallest absolute Gasteiger partial charge is 0.364 e. The van der Waals surface area contributed by atoms with Gasteiger partial charge in [0.05, 0.1) is 5.56 Å². The molecule has 0 radical (unpaired) electrons. The van der Waals surface area contributed by atoms with Crippen molar-refractivity contribution in [1.82, 2.24) is 9.97 Å². The van der Waals surface area contributed by atoms with Gasteiger partial charge in [-0.15, -0.1) is 0 Å². The Labute approximate surface area is 87.3 Å². The van der Waals surface area contributed by atoms with Crippen LogP contribution < -0.4 is 5.73 Å². The number of hydrogen-bond donors (Lipinski definition) is 2. The molecule has 0 spiro atoms. The average molecular weight is 229 g/mol. The van der Waals surface area contributed by atoms with Crippen LogP contribution in [0.25, 0.3) is 10.9 Å². The van der Waals surface area contributed by atoms with Crippen molar-refractivity contribution in [1.29, 1.82) is 0 Å². The minimum absolute atomic E-state index is 0.177. The van der Waals surface area contributed by atoms with Crippen molar-refractivity contribution in [2.45, 2.75) is 6.18 Å². The highest BCUT2D eigenvalue weighted by Gasteiger charge is 2.35. The number of primary amides is 1. The Morgan fingerprint density at radius 1 is 1.44 bits per heavy atom. The first-order valence-corrected chi connectivity index (χ1v) is 4.24. The second-order valence-electron chi connectivity index (χ2n) is 3.15. The number of carbonyl (C=O) groups is 1. The van der Waals surface area contributed by atoms with Gasteiger partial charge in [0.25, 0.3) is 5.91 Å². The third kappa shape index (κ3) is 1.50. The number of nitrogens with zero attached hydrogens (tertiary/aromatic N) is 1. The molecule has 0 unspecified atom stereocenters. The number of pyridine rings is 1. The summed E-state index contributed by atoms with van der Waals surface area (Å²) in [6.07, 6.45) is -2.54. The van der Waals surface area contributed by atoms with Crippen LogP contribution in [0.4, 0.5) is 13.2 Å². The standard InChI is InChI=1S/C9H6F3N3O/c10-9(11,12)4-3-15-5-1-2-14-7(6(4)5)8(13)16/h1-3,15H,(H2,13,16). The monoisotopic (exact) mass is 229 g/mol. The quantitative estimate of drug-likeness (QED) is 0.780. The lowest BCUT2D eigenvalue weighted by atomic mass is 10.1. The number of carbonyl (C=O) groups excluding carboxylic acids is 1. The van der Waals surface area contributed by atoms with Gasteiger partial charge in [-0.2, -0.15) is 13.2 Å². The molecule has 0 aliphatic carbocycles. The van der Waals surface area contributed by atoms with Crippen LogP contribution in [-0.4, -0.2) is 15.9 Å². The van der Waals surface area contributed by atoms with E-state index in [2.05, 4.69) is 9.97 Å². The Balaban J connectivity index is 2.83. The van der Waals surface area contributed by atoms with Crippen molar-refractivity contribution >= 4 is 16.8 Å². The maximum absolute atomic E-state index is 12.6. The molecule has 4 nitrogen and oxygen atoms in total. The number of hydrogen-bond acceptors (Lipinski definition) is 2. The minimum Gasteiger partial charge on any atom is -0.364 e. The van der Waals surface area contributed by atoms with Gasteiger partial charge in [-0.25, -0.2) is 0 Å². The average Bonchev–Trinajstić information content (AvgIpc) is 2.59. The molecule has 0 fully saturated rings. The third-order valence-corrected chi connectivity index (χ3v) is 2.13. The number of aromatic amines is 1. The van der Waals surface area contributed by atoms with Crippen molar-refractivity contribution in [3.63, 3.8) is 0 Å². The molecule has 2 aromatic rings. The second-order valence-corrected chi connectivity index (χ2v) is 3.15. The molecule has 16 heavy (non-hydrogen) atoms. The number of rotatable bonds is 1. The van der Waals surface area contributed by atoms with E-state index in [4.69, 9.17) is 5.73 Å². The molecule has 0 bridgehead atoms. The molecule has 0 aliphatic heterocycles. The molecule has 0 atom stereocenters. The van der Waals surface area contributed by atoms with Crippen LogP contribution in [0.1, 0.15) is 16.1 Å². The number of aromatic nitrogens is 2. The lowest BCUT2D eigenvalue weighted by Gasteiger charge is -2.05. The van der Waals surface area contributed by atoms with Crippen LogP contribution >= 0.6 is 0 Å². The molecule has 2 rings (SSSR count). The van der Waals surface area contributed by atoms with Gasteiger partial charge in [0.15, 0.2) is 0 Å². The molecule has 2 aromatic heterocycles. The fourth-order valence-corrected chi connectivity index (χ4v) is 1.49. The highest BCUT2D eigenvalue weighted by Crippen LogP contribution is 2.35. The summed E-state index contributed by atoms with van der Waals surface area (Å²) in [6.45, 7) is 0. The first-order valence-electron chi connectivity index (χ1n) is 4.24. The Kier molecular flexibility index (Phi) is 2.11. The summed E-state index contributed by atoms with van der Waals surface area (Å²) in [7, 11) is 0. The van der Waals surface area contributed by atoms with Crippen LogP contribution in [-0.2, 0) is 6.18 Å². The number of alkyl halides is 3. The van der Waals surface area contributed by atoms with Gasteiger partial charge in [-0.1, -0.05) is 0 Å². The maximum atomic E-state index is 12.6. The fraction of sp³-hybridized carbons (Fsp3) is 0.111. The van der Waals surface area contributed by atoms with E-state index in [1.165, 1.54) is 12.3 Å². The largest absolute Gasteiger partial charge is 0.418 e. The molecule has 0 saturated heterocycles. The summed E-state index contributed by atoms with van der Waals surface area (Å²) in [5, 5.41) is -0.289. The zero-order valence-electron chi connectivity index (χ0n) is 7.80. The van der Waals surface area contributed by atoms with E-state index >= 15 is 0 Å². The fourth-order valence-electron chi connectivity index (χ4n) is 1.49. The highest BCUT2D eigenvalue weighted by atomic mass is 19.4. The van der Waals surface area contributed by atoms with Crippen LogP contribution in [0.3, 0.4) is 0 Å². The second kappa shape index (κ2) is 3.22. The Morgan fingerprint density at radius 2 is 2.12 bits per heavy atom. The molecule has 84 valence electrons. The number of nitrogens with two attached hydrogens (primary N) is 1. The van der Waals surface area contributed by atoms with E-state index in [-0.39, 0.29) is 16.6 Å². The summed E-state index contributed by atoms with van der Waals surface area (Å²) in [6, 6.07) is 1.34. The zero-order valence-corrected chi connectivity index (χ0v) is 7.80. The van der Waals surface area contributed by atoms with Crippen molar-refractivity contribution < 1.29 is 18.0 Å². The van der Waals surface area contributed by atoms with Crippen molar-refractivity contribution in [2.75, 3.05) is 0 Å². The van der Waals surface area contributed by atoms with Gasteiger partial charge in [-0.05, 0) is 6.07 Å². The molecular weight excluding hydrogens is 223 g/mol. The summed E-state index contributed by atoms with van der Waals surface area (Å²) < 4.78 is 37.8. The van der Waals surface area contributed by atoms with Crippen molar-refractivity contribution in [2.24, 2.45) is 5.73 Å². The molecule has 0 saturated carbocycles. The van der Waals surface area contributed by atoms with Gasteiger partial charge < -0.3 is 10.7 Å². The normalized spacial score (nSPS) is 11.9. The highest BCUT2D eigenvalue weighted by molar-refractivity contribution is 6.05. The van der Waals surface area contributed by atoms with E-state index in [0.29, 0.717) is 0 Å². The minimum atomic E-state index is -4.55. The third-order valence-electron chi connectivity index (χ3n) is 2.13. The summed E-state index contributed by atoms with van der Waals surface area (Å²) in [5.74, 6) is -0.990. The number of fused-ring (bicyclic) bond motifs is 1. The van der Waals surface area contributed by atoms with E-state index in [1.54, 1.807) is 0 Å². The first kappa shape index (κ1) is 10.5. The molecule has 0 aliphatic rings. The SMILES string of the molecule is NC(=O)c1nccc2[nH]cc(C(F)(F)F)c12. The predicted molar refractivity (Wildman–Crippen MR) is 49.6 cm³/mol. The van der Waals surface area contributed by atoms with Gasteiger partial charge >= 0.3 is 6.18 Å². The molecule has 1 amide bonds. The molecule has 0 aromatic carbocycles. The molecule has 3 N–H and O–H groups in total. The number of amides is 1. The van der Waals surface area contributed by atoms with Crippen molar-refractivity contribution in [3.05, 3.63) is 29.7 Å². The van der Waals surface area contributed by atoms with Gasteiger partial charge in [0.1, 0.15) is 5.69 Å². The summed E-state index contributed by atoms with van der Waals surface area (Å²) in [4.78, 5) is 17.0. The molecule has 7 heteroatoms. The van der Waals surface area contributed by atoms with E-state index in [1.807, 2.05) is 0 Å². The van der Waals surface area contributed by atoms with Crippen molar-refractivity contribution in [3.8, 4) is 0 Å². The maximum Gasteiger partial charge on any atom is 0.418 e. The van der Waals surface area contributed by atoms with Gasteiger partial charge in [0.2, 0.25) is 0 Å². The van der Waals surface area contributed by atoms with Crippen LogP contribution in [0, 0.1) is 0 Å². The molecular formula is C9H6F3N3O. The Bertz CT molecular complexity index is 559. The topological polar surface area (TPSA) is 71.8 Å². The van der Waals surface area contributed by atoms with Crippen LogP contribution in [0.2, 0.25) is 0 Å². The van der Waals surface area contributed by atoms with Gasteiger partial charge in [-0.3, -0.25) is 9.78 Å². The Hall–Kier alpha value is -2.05. The lowest BCUT2D eigenvalue weighted by Crippen LogP contribution is -2.15. The van der Waals surface area contributed by atoms with E-state index in [9.17, 15) is 18.0 Å². The summed E-state index contributed by atoms with van der Waals surface area (Å²) >= 11 is 0.